The fourth-order valence-corrected chi connectivity index (χ4v) is 2.30. The topological polar surface area (TPSA) is 79.4 Å². The molecule has 2 N–H and O–H groups in total. The highest BCUT2D eigenvalue weighted by Crippen LogP contribution is 2.11. The molecule has 0 aliphatic carbocycles. The predicted molar refractivity (Wildman–Crippen MR) is 87.4 cm³/mol. The molecule has 0 radical (unpaired) electrons. The molecule has 0 atom stereocenters. The van der Waals surface area contributed by atoms with Crippen molar-refractivity contribution in [2.45, 2.75) is 6.54 Å². The molecule has 1 saturated heterocycles. The number of hydrogen-bond donors (Lipinski definition) is 2. The van der Waals surface area contributed by atoms with E-state index in [0.29, 0.717) is 19.0 Å². The minimum absolute atomic E-state index is 0.275. The highest BCUT2D eigenvalue weighted by Gasteiger charge is 2.13. The molecule has 0 bridgehead atoms. The first-order valence-corrected chi connectivity index (χ1v) is 7.56. The Morgan fingerprint density at radius 3 is 2.74 bits per heavy atom. The maximum atomic E-state index is 11.9. The molecule has 2 amide bonds. The lowest BCUT2D eigenvalue weighted by Gasteiger charge is -2.27. The number of aromatic nitrogens is 2. The monoisotopic (exact) mass is 313 g/mol. The van der Waals surface area contributed by atoms with Crippen molar-refractivity contribution < 1.29 is 9.53 Å². The molecule has 1 fully saturated rings. The van der Waals surface area contributed by atoms with E-state index in [9.17, 15) is 4.79 Å². The van der Waals surface area contributed by atoms with Gasteiger partial charge in [0.2, 0.25) is 0 Å². The highest BCUT2D eigenvalue weighted by molar-refractivity contribution is 5.89. The molecule has 23 heavy (non-hydrogen) atoms. The summed E-state index contributed by atoms with van der Waals surface area (Å²) in [5.41, 5.74) is 0.744. The van der Waals surface area contributed by atoms with Crippen molar-refractivity contribution in [1.82, 2.24) is 15.3 Å². The molecule has 3 rings (SSSR count). The molecule has 1 aromatic carbocycles. The number of carbonyl (C=O) groups excluding carboxylic acids is 1. The van der Waals surface area contributed by atoms with E-state index in [-0.39, 0.29) is 12.6 Å². The number of amides is 2. The molecule has 1 aliphatic rings. The lowest BCUT2D eigenvalue weighted by molar-refractivity contribution is 0.122. The lowest BCUT2D eigenvalue weighted by atomic mass is 10.3. The minimum atomic E-state index is -0.281. The van der Waals surface area contributed by atoms with Crippen molar-refractivity contribution in [2.24, 2.45) is 0 Å². The van der Waals surface area contributed by atoms with Gasteiger partial charge in [0.05, 0.1) is 19.8 Å². The standard InChI is InChI=1S/C16H19N5O2/c22-16(19-13-4-2-1-3-5-13)18-12-14-17-7-6-15(20-14)21-8-10-23-11-9-21/h1-7H,8-12H2,(H2,18,19,22). The van der Waals surface area contributed by atoms with E-state index in [4.69, 9.17) is 4.74 Å². The molecular formula is C16H19N5O2. The van der Waals surface area contributed by atoms with Crippen LogP contribution in [0.3, 0.4) is 0 Å². The van der Waals surface area contributed by atoms with E-state index in [1.807, 2.05) is 36.4 Å². The zero-order valence-corrected chi connectivity index (χ0v) is 12.7. The fourth-order valence-electron chi connectivity index (χ4n) is 2.30. The maximum absolute atomic E-state index is 11.9. The Bertz CT molecular complexity index is 644. The Hall–Kier alpha value is -2.67. The molecule has 0 spiro atoms. The van der Waals surface area contributed by atoms with E-state index in [1.165, 1.54) is 0 Å². The summed E-state index contributed by atoms with van der Waals surface area (Å²) in [5.74, 6) is 1.45. The third kappa shape index (κ3) is 4.40. The summed E-state index contributed by atoms with van der Waals surface area (Å²) in [5, 5.41) is 5.52. The van der Waals surface area contributed by atoms with Crippen LogP contribution in [0.1, 0.15) is 5.82 Å². The van der Waals surface area contributed by atoms with Crippen LogP contribution in [-0.4, -0.2) is 42.3 Å². The van der Waals surface area contributed by atoms with Gasteiger partial charge in [0.1, 0.15) is 11.6 Å². The van der Waals surface area contributed by atoms with Gasteiger partial charge in [0.15, 0.2) is 0 Å². The van der Waals surface area contributed by atoms with Gasteiger partial charge in [-0.1, -0.05) is 18.2 Å². The molecule has 120 valence electrons. The first kappa shape index (κ1) is 15.2. The van der Waals surface area contributed by atoms with Crippen LogP contribution in [0.5, 0.6) is 0 Å². The number of rotatable bonds is 4. The second-order valence-corrected chi connectivity index (χ2v) is 5.10. The average molecular weight is 313 g/mol. The zero-order chi connectivity index (χ0) is 15.9. The Balaban J connectivity index is 1.54. The van der Waals surface area contributed by atoms with Gasteiger partial charge in [-0.05, 0) is 18.2 Å². The number of nitrogens with one attached hydrogen (secondary N) is 2. The first-order chi connectivity index (χ1) is 11.3. The van der Waals surface area contributed by atoms with Crippen LogP contribution in [0.4, 0.5) is 16.3 Å². The summed E-state index contributed by atoms with van der Waals surface area (Å²) in [6, 6.07) is 10.9. The molecule has 0 unspecified atom stereocenters. The molecule has 7 heteroatoms. The van der Waals surface area contributed by atoms with Crippen molar-refractivity contribution in [3.63, 3.8) is 0 Å². The Labute approximate surface area is 134 Å². The summed E-state index contributed by atoms with van der Waals surface area (Å²) in [7, 11) is 0. The number of nitrogens with zero attached hydrogens (tertiary/aromatic N) is 3. The number of anilines is 2. The largest absolute Gasteiger partial charge is 0.378 e. The summed E-state index contributed by atoms with van der Waals surface area (Å²) < 4.78 is 5.34. The van der Waals surface area contributed by atoms with E-state index in [2.05, 4.69) is 25.5 Å². The summed E-state index contributed by atoms with van der Waals surface area (Å²) >= 11 is 0. The van der Waals surface area contributed by atoms with Gasteiger partial charge < -0.3 is 20.3 Å². The summed E-state index contributed by atoms with van der Waals surface area (Å²) in [6.45, 7) is 3.32. The van der Waals surface area contributed by atoms with Crippen LogP contribution >= 0.6 is 0 Å². The van der Waals surface area contributed by atoms with Gasteiger partial charge in [-0.3, -0.25) is 0 Å². The summed E-state index contributed by atoms with van der Waals surface area (Å²) in [4.78, 5) is 22.7. The molecule has 1 aliphatic heterocycles. The number of morpholine rings is 1. The van der Waals surface area contributed by atoms with Crippen LogP contribution in [0, 0.1) is 0 Å². The van der Waals surface area contributed by atoms with E-state index in [0.717, 1.165) is 24.6 Å². The van der Waals surface area contributed by atoms with Crippen molar-refractivity contribution >= 4 is 17.5 Å². The second-order valence-electron chi connectivity index (χ2n) is 5.10. The Kier molecular flexibility index (Phi) is 5.00. The van der Waals surface area contributed by atoms with E-state index >= 15 is 0 Å². The number of benzene rings is 1. The zero-order valence-electron chi connectivity index (χ0n) is 12.7. The smallest absolute Gasteiger partial charge is 0.319 e. The van der Waals surface area contributed by atoms with Gasteiger partial charge >= 0.3 is 6.03 Å². The number of ether oxygens (including phenoxy) is 1. The Morgan fingerprint density at radius 1 is 1.17 bits per heavy atom. The van der Waals surface area contributed by atoms with Crippen molar-refractivity contribution in [1.29, 1.82) is 0 Å². The number of carbonyl (C=O) groups is 1. The number of hydrogen-bond acceptors (Lipinski definition) is 5. The maximum Gasteiger partial charge on any atom is 0.319 e. The fraction of sp³-hybridized carbons (Fsp3) is 0.312. The predicted octanol–water partition coefficient (Wildman–Crippen LogP) is 1.63. The molecule has 1 aromatic heterocycles. The lowest BCUT2D eigenvalue weighted by Crippen LogP contribution is -2.37. The van der Waals surface area contributed by atoms with Crippen LogP contribution in [-0.2, 0) is 11.3 Å². The van der Waals surface area contributed by atoms with Gasteiger partial charge in [0, 0.05) is 25.0 Å². The van der Waals surface area contributed by atoms with E-state index in [1.54, 1.807) is 6.20 Å². The highest BCUT2D eigenvalue weighted by atomic mass is 16.5. The van der Waals surface area contributed by atoms with Crippen LogP contribution in [0.15, 0.2) is 42.6 Å². The Morgan fingerprint density at radius 2 is 1.96 bits per heavy atom. The third-order valence-electron chi connectivity index (χ3n) is 3.46. The third-order valence-corrected chi connectivity index (χ3v) is 3.46. The molecule has 2 aromatic rings. The van der Waals surface area contributed by atoms with Crippen molar-refractivity contribution in [2.75, 3.05) is 36.5 Å². The molecule has 0 saturated carbocycles. The van der Waals surface area contributed by atoms with Gasteiger partial charge in [-0.15, -0.1) is 0 Å². The van der Waals surface area contributed by atoms with Crippen LogP contribution in [0.2, 0.25) is 0 Å². The average Bonchev–Trinajstić information content (AvgIpc) is 2.62. The van der Waals surface area contributed by atoms with Gasteiger partial charge in [-0.25, -0.2) is 14.8 Å². The first-order valence-electron chi connectivity index (χ1n) is 7.56. The van der Waals surface area contributed by atoms with Gasteiger partial charge in [0.25, 0.3) is 0 Å². The van der Waals surface area contributed by atoms with Crippen molar-refractivity contribution in [3.05, 3.63) is 48.4 Å². The molecule has 2 heterocycles. The van der Waals surface area contributed by atoms with E-state index < -0.39 is 0 Å². The molecule has 7 nitrogen and oxygen atoms in total. The number of para-hydroxylation sites is 1. The van der Waals surface area contributed by atoms with Crippen molar-refractivity contribution in [3.8, 4) is 0 Å². The normalized spacial score (nSPS) is 14.3. The van der Waals surface area contributed by atoms with Crippen LogP contribution < -0.4 is 15.5 Å². The van der Waals surface area contributed by atoms with Gasteiger partial charge in [-0.2, -0.15) is 0 Å². The quantitative estimate of drug-likeness (QED) is 0.897. The SMILES string of the molecule is O=C(NCc1nccc(N2CCOCC2)n1)Nc1ccccc1. The molecular weight excluding hydrogens is 294 g/mol. The van der Waals surface area contributed by atoms with Crippen LogP contribution in [0.25, 0.3) is 0 Å². The second kappa shape index (κ2) is 7.55. The minimum Gasteiger partial charge on any atom is -0.378 e. The summed E-state index contributed by atoms with van der Waals surface area (Å²) in [6.07, 6.45) is 1.71. The number of urea groups is 1.